The first-order valence-corrected chi connectivity index (χ1v) is 5.26. The standard InChI is InChI=1S/C10H20N2O3/c1-3-12(8-6-10(14)15)9(13)5-4-7-11-2/h11H,3-8H2,1-2H3,(H,14,15). The maximum absolute atomic E-state index is 11.6. The van der Waals surface area contributed by atoms with E-state index in [9.17, 15) is 9.59 Å². The van der Waals surface area contributed by atoms with Crippen LogP contribution in [0.25, 0.3) is 0 Å². The Hall–Kier alpha value is -1.10. The average Bonchev–Trinajstić information content (AvgIpc) is 2.18. The van der Waals surface area contributed by atoms with Crippen LogP contribution in [-0.2, 0) is 9.59 Å². The maximum atomic E-state index is 11.6. The third-order valence-electron chi connectivity index (χ3n) is 2.15. The van der Waals surface area contributed by atoms with Gasteiger partial charge in [-0.15, -0.1) is 0 Å². The summed E-state index contributed by atoms with van der Waals surface area (Å²) in [7, 11) is 1.84. The van der Waals surface area contributed by atoms with Gasteiger partial charge in [0.2, 0.25) is 5.91 Å². The van der Waals surface area contributed by atoms with Crippen LogP contribution >= 0.6 is 0 Å². The molecule has 0 rings (SSSR count). The zero-order valence-corrected chi connectivity index (χ0v) is 9.45. The van der Waals surface area contributed by atoms with Crippen LogP contribution in [0.15, 0.2) is 0 Å². The molecule has 5 nitrogen and oxygen atoms in total. The molecule has 0 aliphatic carbocycles. The highest BCUT2D eigenvalue weighted by atomic mass is 16.4. The summed E-state index contributed by atoms with van der Waals surface area (Å²) in [6.45, 7) is 3.55. The van der Waals surface area contributed by atoms with Crippen molar-refractivity contribution < 1.29 is 14.7 Å². The molecule has 0 aromatic heterocycles. The van der Waals surface area contributed by atoms with Gasteiger partial charge in [-0.3, -0.25) is 9.59 Å². The molecule has 0 saturated carbocycles. The molecule has 0 unspecified atom stereocenters. The molecule has 0 aliphatic rings. The second kappa shape index (κ2) is 8.23. The van der Waals surface area contributed by atoms with Gasteiger partial charge in [-0.1, -0.05) is 0 Å². The fraction of sp³-hybridized carbons (Fsp3) is 0.800. The number of nitrogens with zero attached hydrogens (tertiary/aromatic N) is 1. The Morgan fingerprint density at radius 1 is 1.33 bits per heavy atom. The van der Waals surface area contributed by atoms with E-state index in [1.54, 1.807) is 4.90 Å². The number of hydrogen-bond acceptors (Lipinski definition) is 3. The Kier molecular flexibility index (Phi) is 7.62. The minimum Gasteiger partial charge on any atom is -0.481 e. The lowest BCUT2D eigenvalue weighted by molar-refractivity contribution is -0.138. The minimum absolute atomic E-state index is 0.0195. The van der Waals surface area contributed by atoms with Gasteiger partial charge in [0.25, 0.3) is 0 Å². The second-order valence-corrected chi connectivity index (χ2v) is 3.32. The number of carbonyl (C=O) groups is 2. The molecule has 0 bridgehead atoms. The number of rotatable bonds is 8. The van der Waals surface area contributed by atoms with Crippen molar-refractivity contribution in [2.24, 2.45) is 0 Å². The first-order valence-electron chi connectivity index (χ1n) is 5.26. The Labute approximate surface area is 90.5 Å². The van der Waals surface area contributed by atoms with Crippen LogP contribution in [-0.4, -0.2) is 48.6 Å². The van der Waals surface area contributed by atoms with Crippen molar-refractivity contribution in [2.45, 2.75) is 26.2 Å². The van der Waals surface area contributed by atoms with E-state index in [-0.39, 0.29) is 12.3 Å². The zero-order valence-electron chi connectivity index (χ0n) is 9.45. The highest BCUT2D eigenvalue weighted by Gasteiger charge is 2.11. The molecule has 15 heavy (non-hydrogen) atoms. The van der Waals surface area contributed by atoms with Crippen LogP contribution in [0.1, 0.15) is 26.2 Å². The van der Waals surface area contributed by atoms with Gasteiger partial charge in [-0.2, -0.15) is 0 Å². The second-order valence-electron chi connectivity index (χ2n) is 3.32. The van der Waals surface area contributed by atoms with Crippen LogP contribution < -0.4 is 5.32 Å². The van der Waals surface area contributed by atoms with Crippen molar-refractivity contribution in [2.75, 3.05) is 26.7 Å². The van der Waals surface area contributed by atoms with Gasteiger partial charge in [0.1, 0.15) is 0 Å². The summed E-state index contributed by atoms with van der Waals surface area (Å²) in [5.41, 5.74) is 0. The molecular formula is C10H20N2O3. The van der Waals surface area contributed by atoms with E-state index in [2.05, 4.69) is 5.32 Å². The van der Waals surface area contributed by atoms with Gasteiger partial charge in [0.15, 0.2) is 0 Å². The van der Waals surface area contributed by atoms with Crippen molar-refractivity contribution in [1.82, 2.24) is 10.2 Å². The molecule has 0 aliphatic heterocycles. The van der Waals surface area contributed by atoms with Gasteiger partial charge in [-0.05, 0) is 26.9 Å². The van der Waals surface area contributed by atoms with Crippen LogP contribution in [0.2, 0.25) is 0 Å². The summed E-state index contributed by atoms with van der Waals surface area (Å²) in [5.74, 6) is -0.828. The maximum Gasteiger partial charge on any atom is 0.305 e. The number of aliphatic carboxylic acids is 1. The van der Waals surface area contributed by atoms with Gasteiger partial charge < -0.3 is 15.3 Å². The molecule has 0 radical (unpaired) electrons. The number of carbonyl (C=O) groups excluding carboxylic acids is 1. The topological polar surface area (TPSA) is 69.6 Å². The third-order valence-corrected chi connectivity index (χ3v) is 2.15. The van der Waals surface area contributed by atoms with Crippen molar-refractivity contribution in [3.05, 3.63) is 0 Å². The van der Waals surface area contributed by atoms with Crippen molar-refractivity contribution in [3.63, 3.8) is 0 Å². The van der Waals surface area contributed by atoms with E-state index in [1.165, 1.54) is 0 Å². The molecule has 0 saturated heterocycles. The number of amides is 1. The fourth-order valence-corrected chi connectivity index (χ4v) is 1.26. The summed E-state index contributed by atoms with van der Waals surface area (Å²) < 4.78 is 0. The molecule has 0 spiro atoms. The average molecular weight is 216 g/mol. The Bertz CT molecular complexity index is 207. The third kappa shape index (κ3) is 6.90. The van der Waals surface area contributed by atoms with Crippen LogP contribution in [0, 0.1) is 0 Å². The lowest BCUT2D eigenvalue weighted by Crippen LogP contribution is -2.33. The van der Waals surface area contributed by atoms with Gasteiger partial charge >= 0.3 is 5.97 Å². The van der Waals surface area contributed by atoms with Crippen molar-refractivity contribution in [3.8, 4) is 0 Å². The van der Waals surface area contributed by atoms with Gasteiger partial charge in [0.05, 0.1) is 6.42 Å². The lowest BCUT2D eigenvalue weighted by Gasteiger charge is -2.19. The van der Waals surface area contributed by atoms with E-state index >= 15 is 0 Å². The fourth-order valence-electron chi connectivity index (χ4n) is 1.26. The molecule has 88 valence electrons. The van der Waals surface area contributed by atoms with Gasteiger partial charge in [-0.25, -0.2) is 0 Å². The molecule has 0 aromatic rings. The Balaban J connectivity index is 3.82. The van der Waals surface area contributed by atoms with Crippen molar-refractivity contribution in [1.29, 1.82) is 0 Å². The van der Waals surface area contributed by atoms with E-state index < -0.39 is 5.97 Å². The number of carboxylic acid groups (broad SMARTS) is 1. The predicted octanol–water partition coefficient (Wildman–Crippen LogP) is 0.309. The van der Waals surface area contributed by atoms with Gasteiger partial charge in [0, 0.05) is 19.5 Å². The normalized spacial score (nSPS) is 10.0. The molecule has 0 fully saturated rings. The van der Waals surface area contributed by atoms with E-state index in [4.69, 9.17) is 5.11 Å². The first-order chi connectivity index (χ1) is 7.11. The van der Waals surface area contributed by atoms with E-state index in [0.29, 0.717) is 19.5 Å². The first kappa shape index (κ1) is 13.9. The molecule has 1 amide bonds. The summed E-state index contributed by atoms with van der Waals surface area (Å²) in [6, 6.07) is 0. The summed E-state index contributed by atoms with van der Waals surface area (Å²) in [6.07, 6.45) is 1.29. The molecule has 0 atom stereocenters. The van der Waals surface area contributed by atoms with Crippen LogP contribution in [0.5, 0.6) is 0 Å². The Morgan fingerprint density at radius 2 is 2.00 bits per heavy atom. The van der Waals surface area contributed by atoms with Crippen LogP contribution in [0.3, 0.4) is 0 Å². The smallest absolute Gasteiger partial charge is 0.305 e. The summed E-state index contributed by atoms with van der Waals surface area (Å²) >= 11 is 0. The predicted molar refractivity (Wildman–Crippen MR) is 57.7 cm³/mol. The molecule has 2 N–H and O–H groups in total. The van der Waals surface area contributed by atoms with Crippen LogP contribution in [0.4, 0.5) is 0 Å². The lowest BCUT2D eigenvalue weighted by atomic mass is 10.2. The summed E-state index contributed by atoms with van der Waals surface area (Å²) in [4.78, 5) is 23.5. The van der Waals surface area contributed by atoms with E-state index in [0.717, 1.165) is 13.0 Å². The number of nitrogens with one attached hydrogen (secondary N) is 1. The molecule has 5 heteroatoms. The SMILES string of the molecule is CCN(CCC(=O)O)C(=O)CCCNC. The summed E-state index contributed by atoms with van der Waals surface area (Å²) in [5, 5.41) is 11.5. The molecule has 0 heterocycles. The number of hydrogen-bond donors (Lipinski definition) is 2. The monoisotopic (exact) mass is 216 g/mol. The quantitative estimate of drug-likeness (QED) is 0.573. The molecular weight excluding hydrogens is 196 g/mol. The van der Waals surface area contributed by atoms with Crippen molar-refractivity contribution >= 4 is 11.9 Å². The van der Waals surface area contributed by atoms with E-state index in [1.807, 2.05) is 14.0 Å². The number of carboxylic acids is 1. The Morgan fingerprint density at radius 3 is 2.47 bits per heavy atom. The highest BCUT2D eigenvalue weighted by molar-refractivity contribution is 5.77. The zero-order chi connectivity index (χ0) is 11.7. The molecule has 0 aromatic carbocycles. The largest absolute Gasteiger partial charge is 0.481 e. The highest BCUT2D eigenvalue weighted by Crippen LogP contribution is 1.99. The minimum atomic E-state index is -0.864.